The summed E-state index contributed by atoms with van der Waals surface area (Å²) < 4.78 is 1.77. The summed E-state index contributed by atoms with van der Waals surface area (Å²) in [6.45, 7) is 0.570. The number of amides is 1. The van der Waals surface area contributed by atoms with Gasteiger partial charge in [-0.15, -0.1) is 0 Å². The van der Waals surface area contributed by atoms with Crippen molar-refractivity contribution in [1.29, 1.82) is 0 Å². The lowest BCUT2D eigenvalue weighted by Gasteiger charge is -2.05. The highest BCUT2D eigenvalue weighted by molar-refractivity contribution is 5.95. The van der Waals surface area contributed by atoms with Crippen LogP contribution in [0, 0.1) is 10.1 Å². The molecule has 0 unspecified atom stereocenters. The van der Waals surface area contributed by atoms with Gasteiger partial charge in [-0.05, 0) is 41.5 Å². The highest BCUT2D eigenvalue weighted by atomic mass is 16.6. The molecule has 1 heterocycles. The Morgan fingerprint density at radius 3 is 2.73 bits per heavy atom. The molecule has 0 bridgehead atoms. The fourth-order valence-electron chi connectivity index (χ4n) is 2.30. The number of carbonyl (C=O) groups excluding carboxylic acids is 1. The molecule has 0 saturated carbocycles. The topological polar surface area (TPSA) is 102 Å². The Morgan fingerprint density at radius 1 is 1.23 bits per heavy atom. The second-order valence-electron chi connectivity index (χ2n) is 5.45. The van der Waals surface area contributed by atoms with E-state index in [2.05, 4.69) is 15.6 Å². The molecule has 0 atom stereocenters. The number of nitro benzene ring substituents is 1. The molecule has 0 spiro atoms. The number of nitro groups is 1. The zero-order valence-electron chi connectivity index (χ0n) is 13.6. The van der Waals surface area contributed by atoms with E-state index in [0.717, 1.165) is 5.56 Å². The van der Waals surface area contributed by atoms with Gasteiger partial charge in [0.15, 0.2) is 0 Å². The Kier molecular flexibility index (Phi) is 5.14. The number of carbonyl (C=O) groups is 1. The van der Waals surface area contributed by atoms with E-state index in [1.54, 1.807) is 41.2 Å². The van der Waals surface area contributed by atoms with Gasteiger partial charge in [-0.1, -0.05) is 12.1 Å². The molecule has 8 heteroatoms. The highest BCUT2D eigenvalue weighted by Gasteiger charge is 2.06. The van der Waals surface area contributed by atoms with Crippen LogP contribution in [0.3, 0.4) is 0 Å². The number of rotatable bonds is 6. The lowest BCUT2D eigenvalue weighted by molar-refractivity contribution is -0.384. The second-order valence-corrected chi connectivity index (χ2v) is 5.45. The third-order valence-electron chi connectivity index (χ3n) is 3.58. The molecule has 3 rings (SSSR count). The molecule has 2 aromatic carbocycles. The van der Waals surface area contributed by atoms with Crippen molar-refractivity contribution >= 4 is 17.8 Å². The Morgan fingerprint density at radius 2 is 2.04 bits per heavy atom. The largest absolute Gasteiger partial charge is 0.271 e. The van der Waals surface area contributed by atoms with Crippen LogP contribution >= 0.6 is 0 Å². The normalized spacial score (nSPS) is 10.8. The van der Waals surface area contributed by atoms with E-state index in [-0.39, 0.29) is 11.6 Å². The first kappa shape index (κ1) is 17.0. The van der Waals surface area contributed by atoms with Gasteiger partial charge in [-0.25, -0.2) is 5.43 Å². The number of benzene rings is 2. The molecule has 3 aromatic rings. The minimum Gasteiger partial charge on any atom is -0.268 e. The van der Waals surface area contributed by atoms with Crippen molar-refractivity contribution in [1.82, 2.24) is 15.2 Å². The van der Waals surface area contributed by atoms with Gasteiger partial charge in [0, 0.05) is 30.1 Å². The summed E-state index contributed by atoms with van der Waals surface area (Å²) in [4.78, 5) is 22.3. The van der Waals surface area contributed by atoms with E-state index in [1.165, 1.54) is 18.3 Å². The maximum atomic E-state index is 12.2. The number of nitrogens with one attached hydrogen (secondary N) is 1. The summed E-state index contributed by atoms with van der Waals surface area (Å²) in [6, 6.07) is 14.9. The standard InChI is InChI=1S/C18H15N5O3/c24-18(21-19-12-14-5-7-17(8-6-14)23(25)26)16-4-1-3-15(11-16)13-22-10-2-9-20-22/h1-12H,13H2,(H,21,24)/b19-12-. The van der Waals surface area contributed by atoms with Crippen molar-refractivity contribution in [2.75, 3.05) is 0 Å². The summed E-state index contributed by atoms with van der Waals surface area (Å²) in [6.07, 6.45) is 4.97. The third kappa shape index (κ3) is 4.38. The molecule has 26 heavy (non-hydrogen) atoms. The van der Waals surface area contributed by atoms with Gasteiger partial charge in [0.05, 0.1) is 17.7 Å². The molecule has 1 aromatic heterocycles. The van der Waals surface area contributed by atoms with Gasteiger partial charge in [-0.3, -0.25) is 19.6 Å². The summed E-state index contributed by atoms with van der Waals surface area (Å²) >= 11 is 0. The lowest BCUT2D eigenvalue weighted by Crippen LogP contribution is -2.18. The first-order chi connectivity index (χ1) is 12.6. The Labute approximate surface area is 148 Å². The van der Waals surface area contributed by atoms with Crippen molar-refractivity contribution in [3.8, 4) is 0 Å². The summed E-state index contributed by atoms with van der Waals surface area (Å²) in [5, 5.41) is 18.6. The van der Waals surface area contributed by atoms with Crippen molar-refractivity contribution < 1.29 is 9.72 Å². The van der Waals surface area contributed by atoms with Crippen molar-refractivity contribution in [2.24, 2.45) is 5.10 Å². The zero-order valence-corrected chi connectivity index (χ0v) is 13.6. The molecule has 0 fully saturated rings. The third-order valence-corrected chi connectivity index (χ3v) is 3.58. The molecule has 1 N–H and O–H groups in total. The van der Waals surface area contributed by atoms with Crippen LogP contribution in [0.25, 0.3) is 0 Å². The predicted octanol–water partition coefficient (Wildman–Crippen LogP) is 2.60. The van der Waals surface area contributed by atoms with Gasteiger partial charge >= 0.3 is 0 Å². The van der Waals surface area contributed by atoms with E-state index in [0.29, 0.717) is 17.7 Å². The van der Waals surface area contributed by atoms with Gasteiger partial charge in [0.2, 0.25) is 0 Å². The van der Waals surface area contributed by atoms with Crippen LogP contribution in [-0.4, -0.2) is 26.8 Å². The molecule has 0 saturated heterocycles. The van der Waals surface area contributed by atoms with E-state index < -0.39 is 4.92 Å². The van der Waals surface area contributed by atoms with Gasteiger partial charge in [0.1, 0.15) is 0 Å². The first-order valence-electron chi connectivity index (χ1n) is 7.76. The number of nitrogens with zero attached hydrogens (tertiary/aromatic N) is 4. The average molecular weight is 349 g/mol. The van der Waals surface area contributed by atoms with Crippen LogP contribution in [0.15, 0.2) is 72.1 Å². The van der Waals surface area contributed by atoms with Crippen LogP contribution in [0.1, 0.15) is 21.5 Å². The molecule has 0 aliphatic heterocycles. The molecule has 0 radical (unpaired) electrons. The fourth-order valence-corrected chi connectivity index (χ4v) is 2.30. The summed E-state index contributed by atoms with van der Waals surface area (Å²) in [5.41, 5.74) is 4.51. The number of non-ortho nitro benzene ring substituents is 1. The minimum absolute atomic E-state index is 0.000169. The molecular formula is C18H15N5O3. The number of aromatic nitrogens is 2. The lowest BCUT2D eigenvalue weighted by atomic mass is 10.1. The van der Waals surface area contributed by atoms with Gasteiger partial charge < -0.3 is 0 Å². The van der Waals surface area contributed by atoms with E-state index in [4.69, 9.17) is 0 Å². The number of hydrogen-bond donors (Lipinski definition) is 1. The minimum atomic E-state index is -0.473. The maximum Gasteiger partial charge on any atom is 0.271 e. The smallest absolute Gasteiger partial charge is 0.268 e. The molecule has 1 amide bonds. The quantitative estimate of drug-likeness (QED) is 0.420. The highest BCUT2D eigenvalue weighted by Crippen LogP contribution is 2.10. The SMILES string of the molecule is O=C(N/N=C\c1ccc([N+](=O)[O-])cc1)c1cccc(Cn2cccn2)c1. The first-order valence-corrected chi connectivity index (χ1v) is 7.76. The molecular weight excluding hydrogens is 334 g/mol. The molecule has 0 aliphatic rings. The Balaban J connectivity index is 1.61. The van der Waals surface area contributed by atoms with E-state index in [1.807, 2.05) is 18.3 Å². The van der Waals surface area contributed by atoms with Crippen molar-refractivity contribution in [2.45, 2.75) is 6.54 Å². The maximum absolute atomic E-state index is 12.2. The molecule has 130 valence electrons. The second kappa shape index (κ2) is 7.84. The fraction of sp³-hybridized carbons (Fsp3) is 0.0556. The van der Waals surface area contributed by atoms with E-state index in [9.17, 15) is 14.9 Å². The van der Waals surface area contributed by atoms with Crippen molar-refractivity contribution in [3.05, 3.63) is 93.8 Å². The zero-order chi connectivity index (χ0) is 18.4. The molecule has 0 aliphatic carbocycles. The average Bonchev–Trinajstić information content (AvgIpc) is 3.15. The van der Waals surface area contributed by atoms with Gasteiger partial charge in [0.25, 0.3) is 11.6 Å². The Bertz CT molecular complexity index is 934. The van der Waals surface area contributed by atoms with Gasteiger partial charge in [-0.2, -0.15) is 10.2 Å². The monoisotopic (exact) mass is 349 g/mol. The van der Waals surface area contributed by atoms with E-state index >= 15 is 0 Å². The predicted molar refractivity (Wildman–Crippen MR) is 95.9 cm³/mol. The summed E-state index contributed by atoms with van der Waals surface area (Å²) in [5.74, 6) is -0.342. The van der Waals surface area contributed by atoms with Crippen LogP contribution in [0.5, 0.6) is 0 Å². The van der Waals surface area contributed by atoms with Crippen molar-refractivity contribution in [3.63, 3.8) is 0 Å². The molecule has 8 nitrogen and oxygen atoms in total. The number of hydrogen-bond acceptors (Lipinski definition) is 5. The van der Waals surface area contributed by atoms with Crippen LogP contribution in [-0.2, 0) is 6.54 Å². The summed E-state index contributed by atoms with van der Waals surface area (Å²) in [7, 11) is 0. The van der Waals surface area contributed by atoms with Crippen LogP contribution in [0.2, 0.25) is 0 Å². The van der Waals surface area contributed by atoms with Crippen LogP contribution in [0.4, 0.5) is 5.69 Å². The Hall–Kier alpha value is -3.81. The van der Waals surface area contributed by atoms with Crippen LogP contribution < -0.4 is 5.43 Å². The number of hydrazone groups is 1.